The summed E-state index contributed by atoms with van der Waals surface area (Å²) in [6, 6.07) is 7.63. The Morgan fingerprint density at radius 3 is 2.87 bits per heavy atom. The third-order valence-corrected chi connectivity index (χ3v) is 2.88. The zero-order valence-corrected chi connectivity index (χ0v) is 9.55. The monoisotopic (exact) mass is 225 g/mol. The van der Waals surface area contributed by atoms with Gasteiger partial charge in [-0.25, -0.2) is 0 Å². The molecule has 0 fully saturated rings. The first kappa shape index (κ1) is 11.9. The Balaban J connectivity index is 2.32. The number of carbonyl (C=O) groups excluding carboxylic acids is 1. The fourth-order valence-electron chi connectivity index (χ4n) is 1.09. The lowest BCUT2D eigenvalue weighted by Gasteiger charge is -2.04. The summed E-state index contributed by atoms with van der Waals surface area (Å²) in [7, 11) is 0. The zero-order valence-electron chi connectivity index (χ0n) is 8.73. The number of nitrogens with two attached hydrogens (primary N) is 1. The number of hydrogen-bond donors (Lipinski definition) is 1. The van der Waals surface area contributed by atoms with Crippen molar-refractivity contribution in [3.8, 4) is 0 Å². The smallest absolute Gasteiger partial charge is 0.306 e. The molecule has 0 bridgehead atoms. The molecule has 0 spiro atoms. The summed E-state index contributed by atoms with van der Waals surface area (Å²) in [4.78, 5) is 12.1. The van der Waals surface area contributed by atoms with Crippen molar-refractivity contribution in [1.82, 2.24) is 0 Å². The maximum atomic E-state index is 11.1. The van der Waals surface area contributed by atoms with E-state index in [-0.39, 0.29) is 5.97 Å². The normalized spacial score (nSPS) is 9.93. The lowest BCUT2D eigenvalue weighted by molar-refractivity contribution is -0.142. The topological polar surface area (TPSA) is 52.3 Å². The lowest BCUT2D eigenvalue weighted by atomic mass is 10.3. The predicted octanol–water partition coefficient (Wildman–Crippen LogP) is 2.31. The van der Waals surface area contributed by atoms with Gasteiger partial charge in [0.25, 0.3) is 0 Å². The number of rotatable bonds is 5. The van der Waals surface area contributed by atoms with Gasteiger partial charge >= 0.3 is 5.97 Å². The second-order valence-electron chi connectivity index (χ2n) is 2.94. The number of anilines is 1. The Hall–Kier alpha value is -1.16. The zero-order chi connectivity index (χ0) is 11.1. The van der Waals surface area contributed by atoms with Gasteiger partial charge in [-0.2, -0.15) is 0 Å². The van der Waals surface area contributed by atoms with Crippen LogP contribution in [0.4, 0.5) is 5.69 Å². The van der Waals surface area contributed by atoms with Gasteiger partial charge in [-0.3, -0.25) is 4.79 Å². The van der Waals surface area contributed by atoms with Crippen molar-refractivity contribution in [1.29, 1.82) is 0 Å². The van der Waals surface area contributed by atoms with Gasteiger partial charge < -0.3 is 10.5 Å². The Bertz CT molecular complexity index is 328. The molecule has 0 saturated carbocycles. The quantitative estimate of drug-likeness (QED) is 0.474. The van der Waals surface area contributed by atoms with E-state index in [4.69, 9.17) is 10.5 Å². The summed E-state index contributed by atoms with van der Waals surface area (Å²) in [5, 5.41) is 0. The molecule has 1 rings (SSSR count). The minimum Gasteiger partial charge on any atom is -0.466 e. The summed E-state index contributed by atoms with van der Waals surface area (Å²) in [5.74, 6) is 0.548. The average molecular weight is 225 g/mol. The molecule has 15 heavy (non-hydrogen) atoms. The molecule has 0 saturated heterocycles. The number of para-hydroxylation sites is 1. The molecule has 0 heterocycles. The highest BCUT2D eigenvalue weighted by Gasteiger charge is 2.03. The van der Waals surface area contributed by atoms with Crippen LogP contribution in [0.25, 0.3) is 0 Å². The van der Waals surface area contributed by atoms with E-state index in [0.717, 1.165) is 10.6 Å². The van der Waals surface area contributed by atoms with Gasteiger partial charge in [0.05, 0.1) is 13.0 Å². The van der Waals surface area contributed by atoms with E-state index in [0.29, 0.717) is 18.8 Å². The molecule has 1 aromatic carbocycles. The molecule has 0 amide bonds. The van der Waals surface area contributed by atoms with E-state index in [1.165, 1.54) is 0 Å². The largest absolute Gasteiger partial charge is 0.466 e. The van der Waals surface area contributed by atoms with Crippen molar-refractivity contribution >= 4 is 23.4 Å². The van der Waals surface area contributed by atoms with Crippen LogP contribution in [0.5, 0.6) is 0 Å². The Morgan fingerprint density at radius 2 is 2.20 bits per heavy atom. The number of thioether (sulfide) groups is 1. The van der Waals surface area contributed by atoms with Crippen molar-refractivity contribution in [3.05, 3.63) is 24.3 Å². The molecule has 0 aliphatic rings. The number of ether oxygens (including phenoxy) is 1. The standard InChI is InChI=1S/C11H15NO2S/c1-2-14-11(13)7-8-15-10-6-4-3-5-9(10)12/h3-6H,2,7-8,12H2,1H3. The van der Waals surface area contributed by atoms with Gasteiger partial charge in [-0.15, -0.1) is 11.8 Å². The van der Waals surface area contributed by atoms with Crippen molar-refractivity contribution < 1.29 is 9.53 Å². The van der Waals surface area contributed by atoms with E-state index in [2.05, 4.69) is 0 Å². The van der Waals surface area contributed by atoms with Crippen LogP contribution in [-0.2, 0) is 9.53 Å². The first-order valence-corrected chi connectivity index (χ1v) is 5.85. The first-order chi connectivity index (χ1) is 7.24. The summed E-state index contributed by atoms with van der Waals surface area (Å²) in [5.41, 5.74) is 6.51. The van der Waals surface area contributed by atoms with Crippen molar-refractivity contribution in [3.63, 3.8) is 0 Å². The maximum absolute atomic E-state index is 11.1. The van der Waals surface area contributed by atoms with Crippen LogP contribution in [0, 0.1) is 0 Å². The molecule has 0 aromatic heterocycles. The molecule has 82 valence electrons. The van der Waals surface area contributed by atoms with Gasteiger partial charge in [0.2, 0.25) is 0 Å². The second-order valence-corrected chi connectivity index (χ2v) is 4.08. The van der Waals surface area contributed by atoms with Crippen LogP contribution >= 0.6 is 11.8 Å². The van der Waals surface area contributed by atoms with Gasteiger partial charge in [0, 0.05) is 16.3 Å². The summed E-state index contributed by atoms with van der Waals surface area (Å²) in [6.07, 6.45) is 0.423. The van der Waals surface area contributed by atoms with Gasteiger partial charge in [-0.05, 0) is 19.1 Å². The molecule has 0 aliphatic heterocycles. The van der Waals surface area contributed by atoms with E-state index in [9.17, 15) is 4.79 Å². The Kier molecular flexibility index (Phi) is 5.04. The third-order valence-electron chi connectivity index (χ3n) is 1.79. The highest BCUT2D eigenvalue weighted by molar-refractivity contribution is 7.99. The number of esters is 1. The van der Waals surface area contributed by atoms with Crippen LogP contribution in [0.15, 0.2) is 29.2 Å². The van der Waals surface area contributed by atoms with E-state index in [1.54, 1.807) is 18.7 Å². The molecular weight excluding hydrogens is 210 g/mol. The van der Waals surface area contributed by atoms with Crippen molar-refractivity contribution in [2.75, 3.05) is 18.1 Å². The number of nitrogen functional groups attached to an aromatic ring is 1. The average Bonchev–Trinajstić information content (AvgIpc) is 2.21. The van der Waals surface area contributed by atoms with Crippen LogP contribution in [0.1, 0.15) is 13.3 Å². The fraction of sp³-hybridized carbons (Fsp3) is 0.364. The van der Waals surface area contributed by atoms with Crippen molar-refractivity contribution in [2.24, 2.45) is 0 Å². The Labute approximate surface area is 94.0 Å². The summed E-state index contributed by atoms with van der Waals surface area (Å²) < 4.78 is 4.83. The first-order valence-electron chi connectivity index (χ1n) is 4.87. The molecule has 2 N–H and O–H groups in total. The minimum absolute atomic E-state index is 0.153. The Morgan fingerprint density at radius 1 is 1.47 bits per heavy atom. The number of carbonyl (C=O) groups is 1. The van der Waals surface area contributed by atoms with Crippen LogP contribution in [-0.4, -0.2) is 18.3 Å². The van der Waals surface area contributed by atoms with Gasteiger partial charge in [-0.1, -0.05) is 12.1 Å². The van der Waals surface area contributed by atoms with Gasteiger partial charge in [0.1, 0.15) is 0 Å². The number of benzene rings is 1. The van der Waals surface area contributed by atoms with E-state index in [1.807, 2.05) is 24.3 Å². The SMILES string of the molecule is CCOC(=O)CCSc1ccccc1N. The molecule has 0 atom stereocenters. The van der Waals surface area contributed by atoms with E-state index >= 15 is 0 Å². The number of hydrogen-bond acceptors (Lipinski definition) is 4. The molecule has 4 heteroatoms. The highest BCUT2D eigenvalue weighted by atomic mass is 32.2. The summed E-state index contributed by atoms with van der Waals surface area (Å²) >= 11 is 1.58. The van der Waals surface area contributed by atoms with E-state index < -0.39 is 0 Å². The van der Waals surface area contributed by atoms with Crippen LogP contribution in [0.2, 0.25) is 0 Å². The molecule has 3 nitrogen and oxygen atoms in total. The molecular formula is C11H15NO2S. The molecule has 1 aromatic rings. The third kappa shape index (κ3) is 4.25. The maximum Gasteiger partial charge on any atom is 0.306 e. The fourth-order valence-corrected chi connectivity index (χ4v) is 1.99. The van der Waals surface area contributed by atoms with Gasteiger partial charge in [0.15, 0.2) is 0 Å². The summed E-state index contributed by atoms with van der Waals surface area (Å²) in [6.45, 7) is 2.25. The van der Waals surface area contributed by atoms with Crippen LogP contribution < -0.4 is 5.73 Å². The highest BCUT2D eigenvalue weighted by Crippen LogP contribution is 2.24. The predicted molar refractivity (Wildman–Crippen MR) is 62.8 cm³/mol. The molecule has 0 unspecified atom stereocenters. The molecule has 0 radical (unpaired) electrons. The lowest BCUT2D eigenvalue weighted by Crippen LogP contribution is -2.04. The minimum atomic E-state index is -0.153. The molecule has 0 aliphatic carbocycles. The second kappa shape index (κ2) is 6.35. The van der Waals surface area contributed by atoms with Crippen LogP contribution in [0.3, 0.4) is 0 Å². The van der Waals surface area contributed by atoms with Crippen molar-refractivity contribution in [2.45, 2.75) is 18.2 Å².